The highest BCUT2D eigenvalue weighted by Gasteiger charge is 2.43. The van der Waals surface area contributed by atoms with Crippen molar-refractivity contribution in [3.8, 4) is 0 Å². The van der Waals surface area contributed by atoms with Crippen LogP contribution in [0.1, 0.15) is 13.8 Å². The van der Waals surface area contributed by atoms with E-state index in [-0.39, 0.29) is 0 Å². The highest BCUT2D eigenvalue weighted by molar-refractivity contribution is 4.90. The van der Waals surface area contributed by atoms with Gasteiger partial charge in [0.1, 0.15) is 0 Å². The van der Waals surface area contributed by atoms with Gasteiger partial charge in [0.25, 0.3) is 0 Å². The molecular weight excluding hydrogens is 128 g/mol. The highest BCUT2D eigenvalue weighted by Crippen LogP contribution is 2.33. The van der Waals surface area contributed by atoms with Crippen LogP contribution >= 0.6 is 0 Å². The summed E-state index contributed by atoms with van der Waals surface area (Å²) in [7, 11) is 0. The summed E-state index contributed by atoms with van der Waals surface area (Å²) >= 11 is 0. The Morgan fingerprint density at radius 1 is 0.900 bits per heavy atom. The maximum atomic E-state index is 5.58. The van der Waals surface area contributed by atoms with E-state index >= 15 is 0 Å². The Labute approximate surface area is 61.5 Å². The number of hydrogen-bond donors (Lipinski definition) is 0. The third-order valence-electron chi connectivity index (χ3n) is 2.55. The van der Waals surface area contributed by atoms with Crippen LogP contribution in [-0.4, -0.2) is 25.4 Å². The van der Waals surface area contributed by atoms with Crippen LogP contribution in [-0.2, 0) is 9.47 Å². The predicted octanol–water partition coefficient (Wildman–Crippen LogP) is 1.06. The van der Waals surface area contributed by atoms with Crippen molar-refractivity contribution in [2.75, 3.05) is 13.2 Å². The topological polar surface area (TPSA) is 18.5 Å². The molecule has 2 aliphatic rings. The number of rotatable bonds is 0. The summed E-state index contributed by atoms with van der Waals surface area (Å²) in [5.74, 6) is 1.21. The molecule has 2 rings (SSSR count). The molecule has 4 atom stereocenters. The molecule has 0 aromatic heterocycles. The summed E-state index contributed by atoms with van der Waals surface area (Å²) in [6, 6.07) is 0. The number of ether oxygens (including phenoxy) is 2. The zero-order valence-corrected chi connectivity index (χ0v) is 6.54. The normalized spacial score (nSPS) is 53.4. The van der Waals surface area contributed by atoms with Crippen molar-refractivity contribution in [1.82, 2.24) is 0 Å². The zero-order chi connectivity index (χ0) is 7.14. The Bertz CT molecular complexity index is 119. The van der Waals surface area contributed by atoms with E-state index in [1.54, 1.807) is 0 Å². The van der Waals surface area contributed by atoms with Crippen LogP contribution in [0.5, 0.6) is 0 Å². The van der Waals surface area contributed by atoms with Crippen LogP contribution in [0.3, 0.4) is 0 Å². The summed E-state index contributed by atoms with van der Waals surface area (Å²) < 4.78 is 11.2. The Hall–Kier alpha value is -0.0800. The van der Waals surface area contributed by atoms with Crippen LogP contribution in [0.25, 0.3) is 0 Å². The van der Waals surface area contributed by atoms with Gasteiger partial charge in [-0.1, -0.05) is 13.8 Å². The predicted molar refractivity (Wildman–Crippen MR) is 37.8 cm³/mol. The Morgan fingerprint density at radius 3 is 1.70 bits per heavy atom. The molecule has 58 valence electrons. The van der Waals surface area contributed by atoms with Crippen molar-refractivity contribution in [3.63, 3.8) is 0 Å². The SMILES string of the molecule is CC1CO[C@H]2C(C)CO[C@@H]12. The molecule has 2 heterocycles. The van der Waals surface area contributed by atoms with Gasteiger partial charge in [-0.05, 0) is 0 Å². The first kappa shape index (κ1) is 6.62. The Morgan fingerprint density at radius 2 is 1.30 bits per heavy atom. The van der Waals surface area contributed by atoms with Crippen molar-refractivity contribution in [2.45, 2.75) is 26.1 Å². The second-order valence-electron chi connectivity index (χ2n) is 3.55. The monoisotopic (exact) mass is 142 g/mol. The van der Waals surface area contributed by atoms with Crippen LogP contribution in [0.2, 0.25) is 0 Å². The molecule has 0 bridgehead atoms. The summed E-state index contributed by atoms with van der Waals surface area (Å²) in [5, 5.41) is 0. The maximum Gasteiger partial charge on any atom is 0.0887 e. The lowest BCUT2D eigenvalue weighted by Gasteiger charge is -2.10. The first-order valence-electron chi connectivity index (χ1n) is 4.02. The van der Waals surface area contributed by atoms with Crippen molar-refractivity contribution in [3.05, 3.63) is 0 Å². The molecule has 0 N–H and O–H groups in total. The summed E-state index contributed by atoms with van der Waals surface area (Å²) in [4.78, 5) is 0. The largest absolute Gasteiger partial charge is 0.375 e. The molecule has 0 spiro atoms. The van der Waals surface area contributed by atoms with Gasteiger partial charge in [-0.2, -0.15) is 0 Å². The molecule has 0 aromatic rings. The van der Waals surface area contributed by atoms with Gasteiger partial charge in [-0.25, -0.2) is 0 Å². The van der Waals surface area contributed by atoms with Crippen LogP contribution < -0.4 is 0 Å². The standard InChI is InChI=1S/C8H14O2/c1-5-3-9-8-6(2)4-10-7(5)8/h5-8H,3-4H2,1-2H3/t5?,6?,7-,8-/m0/s1. The van der Waals surface area contributed by atoms with E-state index in [0.717, 1.165) is 13.2 Å². The molecule has 0 saturated carbocycles. The summed E-state index contributed by atoms with van der Waals surface area (Å²) in [6.07, 6.45) is 0.796. The van der Waals surface area contributed by atoms with E-state index in [0.29, 0.717) is 24.0 Å². The summed E-state index contributed by atoms with van der Waals surface area (Å²) in [6.45, 7) is 6.17. The molecule has 2 saturated heterocycles. The van der Waals surface area contributed by atoms with E-state index in [4.69, 9.17) is 9.47 Å². The van der Waals surface area contributed by atoms with Crippen molar-refractivity contribution >= 4 is 0 Å². The molecule has 2 fully saturated rings. The quantitative estimate of drug-likeness (QED) is 0.503. The van der Waals surface area contributed by atoms with Gasteiger partial charge in [0, 0.05) is 11.8 Å². The smallest absolute Gasteiger partial charge is 0.0887 e. The maximum absolute atomic E-state index is 5.58. The van der Waals surface area contributed by atoms with E-state index in [9.17, 15) is 0 Å². The second-order valence-corrected chi connectivity index (χ2v) is 3.55. The van der Waals surface area contributed by atoms with Crippen LogP contribution in [0, 0.1) is 11.8 Å². The van der Waals surface area contributed by atoms with Gasteiger partial charge in [0.05, 0.1) is 25.4 Å². The van der Waals surface area contributed by atoms with Gasteiger partial charge in [-0.15, -0.1) is 0 Å². The lowest BCUT2D eigenvalue weighted by molar-refractivity contribution is 0.0627. The summed E-state index contributed by atoms with van der Waals surface area (Å²) in [5.41, 5.74) is 0. The number of fused-ring (bicyclic) bond motifs is 1. The fraction of sp³-hybridized carbons (Fsp3) is 1.00. The van der Waals surface area contributed by atoms with Crippen molar-refractivity contribution < 1.29 is 9.47 Å². The molecular formula is C8H14O2. The van der Waals surface area contributed by atoms with E-state index < -0.39 is 0 Å². The average molecular weight is 142 g/mol. The van der Waals surface area contributed by atoms with E-state index in [1.807, 2.05) is 0 Å². The van der Waals surface area contributed by atoms with Crippen LogP contribution in [0.4, 0.5) is 0 Å². The molecule has 0 amide bonds. The van der Waals surface area contributed by atoms with E-state index in [1.165, 1.54) is 0 Å². The Kier molecular flexibility index (Phi) is 1.46. The van der Waals surface area contributed by atoms with Gasteiger partial charge in [-0.3, -0.25) is 0 Å². The highest BCUT2D eigenvalue weighted by atomic mass is 16.6. The van der Waals surface area contributed by atoms with Crippen molar-refractivity contribution in [1.29, 1.82) is 0 Å². The van der Waals surface area contributed by atoms with E-state index in [2.05, 4.69) is 13.8 Å². The fourth-order valence-corrected chi connectivity index (χ4v) is 1.88. The lowest BCUT2D eigenvalue weighted by atomic mass is 9.99. The molecule has 2 aliphatic heterocycles. The third-order valence-corrected chi connectivity index (χ3v) is 2.55. The second kappa shape index (κ2) is 2.21. The van der Waals surface area contributed by atoms with Gasteiger partial charge >= 0.3 is 0 Å². The Balaban J connectivity index is 2.09. The lowest BCUT2D eigenvalue weighted by Crippen LogP contribution is -2.23. The average Bonchev–Trinajstić information content (AvgIpc) is 2.41. The molecule has 10 heavy (non-hydrogen) atoms. The third kappa shape index (κ3) is 0.789. The fourth-order valence-electron chi connectivity index (χ4n) is 1.88. The first-order chi connectivity index (χ1) is 4.79. The zero-order valence-electron chi connectivity index (χ0n) is 6.54. The molecule has 0 aliphatic carbocycles. The minimum Gasteiger partial charge on any atom is -0.375 e. The minimum absolute atomic E-state index is 0.398. The molecule has 0 radical (unpaired) electrons. The van der Waals surface area contributed by atoms with Gasteiger partial charge < -0.3 is 9.47 Å². The minimum atomic E-state index is 0.398. The van der Waals surface area contributed by atoms with Gasteiger partial charge in [0.15, 0.2) is 0 Å². The number of hydrogen-bond acceptors (Lipinski definition) is 2. The first-order valence-corrected chi connectivity index (χ1v) is 4.02. The van der Waals surface area contributed by atoms with Crippen LogP contribution in [0.15, 0.2) is 0 Å². The molecule has 2 heteroatoms. The van der Waals surface area contributed by atoms with Crippen molar-refractivity contribution in [2.24, 2.45) is 11.8 Å². The molecule has 2 nitrogen and oxygen atoms in total. The van der Waals surface area contributed by atoms with Gasteiger partial charge in [0.2, 0.25) is 0 Å². The molecule has 0 aromatic carbocycles. The molecule has 2 unspecified atom stereocenters.